The fourth-order valence-corrected chi connectivity index (χ4v) is 2.87. The maximum absolute atomic E-state index is 12.8. The van der Waals surface area contributed by atoms with Gasteiger partial charge >= 0.3 is 6.18 Å². The summed E-state index contributed by atoms with van der Waals surface area (Å²) in [6.07, 6.45) is -1.67. The number of carbonyl (C=O) groups excluding carboxylic acids is 1. The van der Waals surface area contributed by atoms with Crippen LogP contribution in [0.4, 0.5) is 18.9 Å². The van der Waals surface area contributed by atoms with Crippen molar-refractivity contribution < 1.29 is 18.0 Å². The quantitative estimate of drug-likeness (QED) is 0.769. The fraction of sp³-hybridized carbons (Fsp3) is 0.375. The summed E-state index contributed by atoms with van der Waals surface area (Å²) in [5.41, 5.74) is -0.0444. The van der Waals surface area contributed by atoms with Gasteiger partial charge in [-0.1, -0.05) is 12.1 Å². The third kappa shape index (κ3) is 4.52. The molecular formula is C16H18ClF3N4O. The number of nitrogens with zero attached hydrogens (tertiary/aromatic N) is 1. The minimum Gasteiger partial charge on any atom is -0.322 e. The molecule has 1 amide bonds. The Morgan fingerprint density at radius 3 is 2.40 bits per heavy atom. The van der Waals surface area contributed by atoms with Gasteiger partial charge in [-0.05, 0) is 49.5 Å². The number of carbonyl (C=O) groups is 1. The van der Waals surface area contributed by atoms with Crippen molar-refractivity contribution in [1.82, 2.24) is 15.5 Å². The molecule has 1 aliphatic heterocycles. The maximum atomic E-state index is 12.8. The number of H-pyrrole nitrogens is 1. The van der Waals surface area contributed by atoms with Crippen LogP contribution >= 0.6 is 12.4 Å². The van der Waals surface area contributed by atoms with Crippen LogP contribution in [0.5, 0.6) is 0 Å². The van der Waals surface area contributed by atoms with E-state index in [1.54, 1.807) is 12.1 Å². The van der Waals surface area contributed by atoms with E-state index in [0.29, 0.717) is 11.6 Å². The lowest BCUT2D eigenvalue weighted by molar-refractivity contribution is -0.141. The van der Waals surface area contributed by atoms with Crippen LogP contribution < -0.4 is 10.6 Å². The minimum absolute atomic E-state index is 0. The summed E-state index contributed by atoms with van der Waals surface area (Å²) in [4.78, 5) is 12.0. The lowest BCUT2D eigenvalue weighted by Gasteiger charge is -2.23. The van der Waals surface area contributed by atoms with Gasteiger partial charge in [0.05, 0.1) is 11.8 Å². The van der Waals surface area contributed by atoms with E-state index in [1.807, 2.05) is 17.2 Å². The first kappa shape index (κ1) is 19.3. The van der Waals surface area contributed by atoms with Crippen molar-refractivity contribution in [2.24, 2.45) is 0 Å². The van der Waals surface area contributed by atoms with Gasteiger partial charge in [-0.25, -0.2) is 0 Å². The molecule has 1 aromatic carbocycles. The molecule has 2 heterocycles. The molecule has 1 fully saturated rings. The highest BCUT2D eigenvalue weighted by Gasteiger charge is 2.37. The Kier molecular flexibility index (Phi) is 6.07. The van der Waals surface area contributed by atoms with Gasteiger partial charge < -0.3 is 10.6 Å². The number of nitrogens with one attached hydrogen (secondary N) is 3. The Morgan fingerprint density at radius 1 is 1.16 bits per heavy atom. The number of halogens is 4. The molecule has 1 saturated heterocycles. The number of alkyl halides is 3. The van der Waals surface area contributed by atoms with Crippen molar-refractivity contribution in [2.45, 2.75) is 24.9 Å². The average molecular weight is 375 g/mol. The van der Waals surface area contributed by atoms with E-state index in [9.17, 15) is 18.0 Å². The summed E-state index contributed by atoms with van der Waals surface area (Å²) in [5, 5.41) is 10.9. The topological polar surface area (TPSA) is 69.8 Å². The molecule has 5 nitrogen and oxygen atoms in total. The zero-order valence-electron chi connectivity index (χ0n) is 13.2. The molecule has 0 unspecified atom stereocenters. The van der Waals surface area contributed by atoms with Gasteiger partial charge in [0.1, 0.15) is 0 Å². The molecular weight excluding hydrogens is 357 g/mol. The van der Waals surface area contributed by atoms with Crippen LogP contribution in [0.3, 0.4) is 0 Å². The van der Waals surface area contributed by atoms with E-state index in [0.717, 1.165) is 32.1 Å². The summed E-state index contributed by atoms with van der Waals surface area (Å²) in [5.74, 6) is -0.368. The van der Waals surface area contributed by atoms with Gasteiger partial charge in [-0.3, -0.25) is 9.89 Å². The van der Waals surface area contributed by atoms with Crippen LogP contribution in [0, 0.1) is 0 Å². The van der Waals surface area contributed by atoms with Crippen molar-refractivity contribution in [3.63, 3.8) is 0 Å². The van der Waals surface area contributed by atoms with E-state index in [1.165, 1.54) is 5.56 Å². The second kappa shape index (κ2) is 7.88. The zero-order chi connectivity index (χ0) is 17.2. The van der Waals surface area contributed by atoms with Crippen molar-refractivity contribution >= 4 is 24.0 Å². The molecule has 1 aromatic heterocycles. The van der Waals surface area contributed by atoms with Gasteiger partial charge in [-0.2, -0.15) is 18.3 Å². The monoisotopic (exact) mass is 374 g/mol. The highest BCUT2D eigenvalue weighted by Crippen LogP contribution is 2.30. The van der Waals surface area contributed by atoms with Gasteiger partial charge in [-0.15, -0.1) is 12.4 Å². The predicted octanol–water partition coefficient (Wildman–Crippen LogP) is 3.57. The van der Waals surface area contributed by atoms with E-state index < -0.39 is 23.3 Å². The van der Waals surface area contributed by atoms with Gasteiger partial charge in [0.25, 0.3) is 5.91 Å². The van der Waals surface area contributed by atoms with Gasteiger partial charge in [0.2, 0.25) is 0 Å². The first-order valence-corrected chi connectivity index (χ1v) is 7.68. The summed E-state index contributed by atoms with van der Waals surface area (Å²) >= 11 is 0. The van der Waals surface area contributed by atoms with Crippen LogP contribution in [0.15, 0.2) is 30.5 Å². The van der Waals surface area contributed by atoms with Crippen LogP contribution in [0.1, 0.15) is 40.4 Å². The molecule has 0 atom stereocenters. The highest BCUT2D eigenvalue weighted by atomic mass is 35.5. The molecule has 3 N–H and O–H groups in total. The Balaban J connectivity index is 0.00000225. The molecule has 2 aromatic rings. The van der Waals surface area contributed by atoms with E-state index in [-0.39, 0.29) is 12.4 Å². The molecule has 9 heteroatoms. The van der Waals surface area contributed by atoms with Crippen molar-refractivity contribution in [2.75, 3.05) is 18.4 Å². The average Bonchev–Trinajstić information content (AvgIpc) is 3.06. The minimum atomic E-state index is -4.65. The SMILES string of the molecule is Cl.O=C(Nc1ccc(C2CCNCC2)cc1)c1cn[nH]c1C(F)(F)F. The van der Waals surface area contributed by atoms with Crippen LogP contribution in [0.2, 0.25) is 0 Å². The third-order valence-corrected chi connectivity index (χ3v) is 4.15. The largest absolute Gasteiger partial charge is 0.433 e. The maximum Gasteiger partial charge on any atom is 0.433 e. The zero-order valence-corrected chi connectivity index (χ0v) is 14.0. The molecule has 0 saturated carbocycles. The Hall–Kier alpha value is -2.06. The molecule has 0 bridgehead atoms. The van der Waals surface area contributed by atoms with E-state index in [2.05, 4.69) is 15.7 Å². The smallest absolute Gasteiger partial charge is 0.322 e. The standard InChI is InChI=1S/C16H17F3N4O.ClH/c17-16(18,19)14-13(9-21-23-14)15(24)22-12-3-1-10(2-4-12)11-5-7-20-8-6-11;/h1-4,9,11,20H,5-8H2,(H,21,23)(H,22,24);1H. The number of rotatable bonds is 3. The van der Waals surface area contributed by atoms with Gasteiger partial charge in [0.15, 0.2) is 5.69 Å². The Bertz CT molecular complexity index is 709. The van der Waals surface area contributed by atoms with Crippen LogP contribution in [0.25, 0.3) is 0 Å². The predicted molar refractivity (Wildman–Crippen MR) is 90.1 cm³/mol. The number of hydrogen-bond acceptors (Lipinski definition) is 3. The number of aromatic amines is 1. The third-order valence-electron chi connectivity index (χ3n) is 4.15. The number of anilines is 1. The lowest BCUT2D eigenvalue weighted by Crippen LogP contribution is -2.26. The van der Waals surface area contributed by atoms with Crippen molar-refractivity contribution in [3.05, 3.63) is 47.3 Å². The number of hydrogen-bond donors (Lipinski definition) is 3. The van der Waals surface area contributed by atoms with E-state index >= 15 is 0 Å². The second-order valence-electron chi connectivity index (χ2n) is 5.76. The summed E-state index contributed by atoms with van der Waals surface area (Å²) in [6.45, 7) is 1.95. The van der Waals surface area contributed by atoms with Crippen molar-refractivity contribution in [1.29, 1.82) is 0 Å². The van der Waals surface area contributed by atoms with Crippen molar-refractivity contribution in [3.8, 4) is 0 Å². The van der Waals surface area contributed by atoms with Crippen LogP contribution in [-0.4, -0.2) is 29.2 Å². The number of piperidine rings is 1. The molecule has 0 aliphatic carbocycles. The molecule has 0 spiro atoms. The first-order chi connectivity index (χ1) is 11.4. The fourth-order valence-electron chi connectivity index (χ4n) is 2.87. The second-order valence-corrected chi connectivity index (χ2v) is 5.76. The lowest BCUT2D eigenvalue weighted by atomic mass is 9.90. The first-order valence-electron chi connectivity index (χ1n) is 7.68. The Labute approximate surface area is 148 Å². The molecule has 3 rings (SSSR count). The highest BCUT2D eigenvalue weighted by molar-refractivity contribution is 6.05. The summed E-state index contributed by atoms with van der Waals surface area (Å²) < 4.78 is 38.3. The molecule has 136 valence electrons. The van der Waals surface area contributed by atoms with E-state index in [4.69, 9.17) is 0 Å². The summed E-state index contributed by atoms with van der Waals surface area (Å²) in [6, 6.07) is 7.24. The Morgan fingerprint density at radius 2 is 1.80 bits per heavy atom. The summed E-state index contributed by atoms with van der Waals surface area (Å²) in [7, 11) is 0. The van der Waals surface area contributed by atoms with Gasteiger partial charge in [0, 0.05) is 5.69 Å². The normalized spacial score (nSPS) is 15.5. The number of amides is 1. The molecule has 1 aliphatic rings. The number of benzene rings is 1. The molecule has 25 heavy (non-hydrogen) atoms. The molecule has 0 radical (unpaired) electrons. The van der Waals surface area contributed by atoms with Crippen LogP contribution in [-0.2, 0) is 6.18 Å². The number of aromatic nitrogens is 2.